The maximum absolute atomic E-state index is 15.5. The van der Waals surface area contributed by atoms with Crippen molar-refractivity contribution in [2.75, 3.05) is 19.8 Å². The Hall–Kier alpha value is -8.52. The second-order valence-electron chi connectivity index (χ2n) is 19.2. The number of nitro benzene ring substituents is 3. The van der Waals surface area contributed by atoms with Crippen molar-refractivity contribution in [2.45, 2.75) is 75.8 Å². The van der Waals surface area contributed by atoms with Gasteiger partial charge in [-0.1, -0.05) is 78.7 Å². The van der Waals surface area contributed by atoms with E-state index in [9.17, 15) is 40.6 Å². The number of oxime groups is 1. The fourth-order valence-corrected chi connectivity index (χ4v) is 11.1. The number of unbranched alkanes of at least 4 members (excludes halogenated alkanes) is 2. The molecule has 77 heavy (non-hydrogen) atoms. The fourth-order valence-electron chi connectivity index (χ4n) is 11.1. The number of hydrogen-bond acceptors (Lipinski definition) is 15. The molecule has 0 spiro atoms. The van der Waals surface area contributed by atoms with E-state index >= 15 is 4.79 Å². The van der Waals surface area contributed by atoms with E-state index in [1.54, 1.807) is 41.3 Å². The highest BCUT2D eigenvalue weighted by Gasteiger charge is 2.66. The van der Waals surface area contributed by atoms with Gasteiger partial charge in [0, 0.05) is 61.4 Å². The largest absolute Gasteiger partial charge is 0.459 e. The molecule has 2 N–H and O–H groups in total. The molecule has 1 aliphatic heterocycles. The van der Waals surface area contributed by atoms with Crippen LogP contribution in [0.2, 0.25) is 0 Å². The molecule has 6 atom stereocenters. The minimum Gasteiger partial charge on any atom is -0.459 e. The number of aliphatic hydroxyl groups excluding tert-OH is 2. The Morgan fingerprint density at radius 3 is 2.14 bits per heavy atom. The number of aliphatic hydroxyl groups is 2. The molecule has 6 aromatic rings. The Bertz CT molecular complexity index is 3200. The molecule has 0 aromatic heterocycles. The Balaban J connectivity index is 1.26. The molecule has 6 unspecified atom stereocenters. The summed E-state index contributed by atoms with van der Waals surface area (Å²) in [5, 5.41) is 61.9. The van der Waals surface area contributed by atoms with Crippen LogP contribution in [0, 0.1) is 48.1 Å². The first-order chi connectivity index (χ1) is 37.4. The van der Waals surface area contributed by atoms with Crippen molar-refractivity contribution in [1.29, 1.82) is 0 Å². The number of hydrogen-bond donors (Lipinski definition) is 2. The van der Waals surface area contributed by atoms with E-state index < -0.39 is 44.5 Å². The van der Waals surface area contributed by atoms with Gasteiger partial charge in [0.25, 0.3) is 17.1 Å². The van der Waals surface area contributed by atoms with E-state index in [4.69, 9.17) is 28.9 Å². The van der Waals surface area contributed by atoms with E-state index in [1.165, 1.54) is 54.6 Å². The lowest BCUT2D eigenvalue weighted by atomic mass is 9.55. The van der Waals surface area contributed by atoms with E-state index in [-0.39, 0.29) is 79.8 Å². The van der Waals surface area contributed by atoms with Gasteiger partial charge in [0.1, 0.15) is 35.6 Å². The summed E-state index contributed by atoms with van der Waals surface area (Å²) < 4.78 is 27.2. The average molecular weight is 1050 g/mol. The minimum absolute atomic E-state index is 0.00850. The van der Waals surface area contributed by atoms with Crippen LogP contribution in [-0.2, 0) is 22.7 Å². The van der Waals surface area contributed by atoms with E-state index in [1.807, 2.05) is 48.5 Å². The average Bonchev–Trinajstić information content (AvgIpc) is 3.47. The number of carbonyl (C=O) groups excluding carboxylic acids is 1. The normalized spacial score (nSPS) is 20.7. The lowest BCUT2D eigenvalue weighted by molar-refractivity contribution is -0.385. The first kappa shape index (κ1) is 53.3. The van der Waals surface area contributed by atoms with Gasteiger partial charge >= 0.3 is 6.09 Å². The highest BCUT2D eigenvalue weighted by Crippen LogP contribution is 2.62. The zero-order valence-corrected chi connectivity index (χ0v) is 42.0. The Kier molecular flexibility index (Phi) is 16.6. The van der Waals surface area contributed by atoms with E-state index in [2.05, 4.69) is 12.7 Å². The summed E-state index contributed by atoms with van der Waals surface area (Å²) in [6.45, 7) is 3.81. The number of non-ortho nitro benzene ring substituents is 3. The molecule has 0 radical (unpaired) electrons. The Morgan fingerprint density at radius 1 is 0.766 bits per heavy atom. The number of rotatable bonds is 23. The molecule has 9 rings (SSSR count). The molecule has 398 valence electrons. The molecule has 19 heteroatoms. The Labute approximate surface area is 443 Å². The summed E-state index contributed by atoms with van der Waals surface area (Å²) >= 11 is 0. The number of carbonyl (C=O) groups is 1. The van der Waals surface area contributed by atoms with Crippen LogP contribution in [0.25, 0.3) is 10.8 Å². The second-order valence-corrected chi connectivity index (χ2v) is 19.2. The second kappa shape index (κ2) is 24.0. The van der Waals surface area contributed by atoms with Crippen LogP contribution in [0.1, 0.15) is 67.6 Å². The van der Waals surface area contributed by atoms with Crippen LogP contribution in [0.15, 0.2) is 163 Å². The highest BCUT2D eigenvalue weighted by atomic mass is 16.7. The predicted octanol–water partition coefficient (Wildman–Crippen LogP) is 11.9. The number of ether oxygens (including phenoxy) is 4. The van der Waals surface area contributed by atoms with Gasteiger partial charge < -0.3 is 34.0 Å². The van der Waals surface area contributed by atoms with Gasteiger partial charge in [0.05, 0.1) is 45.6 Å². The minimum atomic E-state index is -1.75. The third-order valence-electron chi connectivity index (χ3n) is 14.5. The summed E-state index contributed by atoms with van der Waals surface area (Å²) in [6.07, 6.45) is 6.58. The van der Waals surface area contributed by atoms with Gasteiger partial charge in [-0.15, -0.1) is 6.58 Å². The maximum atomic E-state index is 15.5. The smallest absolute Gasteiger partial charge is 0.416 e. The van der Waals surface area contributed by atoms with Crippen molar-refractivity contribution in [3.8, 4) is 23.0 Å². The zero-order valence-electron chi connectivity index (χ0n) is 42.0. The molecular formula is C58H57N5O14. The fraction of sp³-hybridized carbons (Fsp3) is 0.310. The number of fused-ring (bicyclic) bond motifs is 3. The quantitative estimate of drug-likeness (QED) is 0.0262. The van der Waals surface area contributed by atoms with Crippen LogP contribution in [0.4, 0.5) is 21.9 Å². The summed E-state index contributed by atoms with van der Waals surface area (Å²) in [4.78, 5) is 56.7. The van der Waals surface area contributed by atoms with Crippen LogP contribution < -0.4 is 14.2 Å². The molecule has 0 saturated heterocycles. The molecule has 19 nitrogen and oxygen atoms in total. The molecule has 1 heterocycles. The summed E-state index contributed by atoms with van der Waals surface area (Å²) in [5.41, 5.74) is 2.81. The number of benzene rings is 6. The van der Waals surface area contributed by atoms with Crippen molar-refractivity contribution in [3.05, 3.63) is 205 Å². The standard InChI is InChI=1S/C58H57N5O14/c1-2-31-73-58-54(60(36-41-14-9-13-39-11-3-4-17-48(39)41)57(66)76-45-25-23-43(24-26-45)62(69)70)35-52(59-74-37-38-19-21-42(22-20-38)61(67)68)50-32-40(12-5-7-29-64)49(18-6-8-30-65)55(56(50)58)51-34-47(27-28-53(51)77-58)75-46-16-10-15-44(33-46)63(71)72/h2-4,9-11,13-17,19-28,32-34,40,49,54-56,64-65H,1,5-8,12,18,29-31,35-37H2. The molecule has 1 saturated carbocycles. The third-order valence-corrected chi connectivity index (χ3v) is 14.5. The maximum Gasteiger partial charge on any atom is 0.416 e. The SMILES string of the molecule is C=CCOC12Oc3ccc(Oc4cccc([N+](=O)[O-])c4)cc3C3C(CCCCO)C(CCCCO)C=C(C(=NOCc4ccc([N+](=O)[O-])cc4)CC1N(Cc1cccc4ccccc14)C(=O)Oc1ccc([N+](=O)[O-])cc1)C32. The lowest BCUT2D eigenvalue weighted by Gasteiger charge is -2.59. The molecule has 1 fully saturated rings. The van der Waals surface area contributed by atoms with Gasteiger partial charge in [-0.2, -0.15) is 0 Å². The first-order valence-corrected chi connectivity index (χ1v) is 25.5. The van der Waals surface area contributed by atoms with Crippen LogP contribution in [-0.4, -0.2) is 73.3 Å². The molecule has 1 amide bonds. The Morgan fingerprint density at radius 2 is 1.43 bits per heavy atom. The van der Waals surface area contributed by atoms with Gasteiger partial charge in [0.2, 0.25) is 5.79 Å². The summed E-state index contributed by atoms with van der Waals surface area (Å²) in [7, 11) is 0. The van der Waals surface area contributed by atoms with Crippen molar-refractivity contribution in [3.63, 3.8) is 0 Å². The first-order valence-electron chi connectivity index (χ1n) is 25.5. The number of nitrogens with zero attached hydrogens (tertiary/aromatic N) is 5. The number of amides is 1. The van der Waals surface area contributed by atoms with Gasteiger partial charge in [-0.25, -0.2) is 4.79 Å². The van der Waals surface area contributed by atoms with Gasteiger partial charge in [-0.3, -0.25) is 35.2 Å². The van der Waals surface area contributed by atoms with Crippen LogP contribution >= 0.6 is 0 Å². The summed E-state index contributed by atoms with van der Waals surface area (Å²) in [5.74, 6) is -2.30. The van der Waals surface area contributed by atoms with Crippen molar-refractivity contribution in [1.82, 2.24) is 4.90 Å². The monoisotopic (exact) mass is 1050 g/mol. The van der Waals surface area contributed by atoms with Gasteiger partial charge in [0.15, 0.2) is 0 Å². The highest BCUT2D eigenvalue weighted by molar-refractivity contribution is 6.03. The molecule has 0 bridgehead atoms. The van der Waals surface area contributed by atoms with Crippen LogP contribution in [0.5, 0.6) is 23.0 Å². The lowest BCUT2D eigenvalue weighted by Crippen LogP contribution is -2.70. The topological polar surface area (TPSA) is 249 Å². The van der Waals surface area contributed by atoms with Crippen LogP contribution in [0.3, 0.4) is 0 Å². The van der Waals surface area contributed by atoms with E-state index in [0.717, 1.165) is 27.5 Å². The van der Waals surface area contributed by atoms with Crippen molar-refractivity contribution >= 4 is 39.6 Å². The predicted molar refractivity (Wildman–Crippen MR) is 285 cm³/mol. The zero-order chi connectivity index (χ0) is 54.1. The van der Waals surface area contributed by atoms with Crippen molar-refractivity contribution < 1.29 is 53.6 Å². The van der Waals surface area contributed by atoms with Gasteiger partial charge in [-0.05, 0) is 114 Å². The van der Waals surface area contributed by atoms with E-state index in [0.29, 0.717) is 61.3 Å². The summed E-state index contributed by atoms with van der Waals surface area (Å²) in [6, 6.07) is 34.8. The molecule has 6 aromatic carbocycles. The molecular weight excluding hydrogens is 991 g/mol. The number of nitro groups is 3. The third kappa shape index (κ3) is 11.7. The van der Waals surface area contributed by atoms with Crippen molar-refractivity contribution in [2.24, 2.45) is 22.9 Å². The molecule has 3 aliphatic rings. The molecule has 2 aliphatic carbocycles. The number of allylic oxidation sites excluding steroid dienone is 1.